The first-order valence-electron chi connectivity index (χ1n) is 6.43. The molecule has 0 unspecified atom stereocenters. The molecule has 104 valence electrons. The molecule has 2 rings (SSSR count). The Morgan fingerprint density at radius 2 is 1.85 bits per heavy atom. The van der Waals surface area contributed by atoms with Crippen molar-refractivity contribution in [1.82, 2.24) is 15.0 Å². The number of carboxylic acid groups (broad SMARTS) is 1. The van der Waals surface area contributed by atoms with E-state index in [4.69, 9.17) is 5.11 Å². The molecule has 6 nitrogen and oxygen atoms in total. The number of carboxylic acids is 1. The zero-order valence-electron chi connectivity index (χ0n) is 11.4. The van der Waals surface area contributed by atoms with Gasteiger partial charge in [-0.3, -0.25) is 4.98 Å². The Bertz CT molecular complexity index is 612. The molecule has 2 aromatic rings. The van der Waals surface area contributed by atoms with Gasteiger partial charge >= 0.3 is 5.97 Å². The van der Waals surface area contributed by atoms with Crippen molar-refractivity contribution in [3.8, 4) is 11.4 Å². The number of carbonyl (C=O) groups is 1. The average Bonchev–Trinajstić information content (AvgIpc) is 2.49. The number of anilines is 1. The first-order chi connectivity index (χ1) is 9.65. The van der Waals surface area contributed by atoms with Gasteiger partial charge in [-0.15, -0.1) is 0 Å². The first kappa shape index (κ1) is 13.9. The highest BCUT2D eigenvalue weighted by molar-refractivity contribution is 5.88. The first-order valence-corrected chi connectivity index (χ1v) is 6.43. The predicted octanol–water partition coefficient (Wildman–Crippen LogP) is 2.08. The molecule has 0 spiro atoms. The average molecular weight is 272 g/mol. The molecule has 0 radical (unpaired) electrons. The summed E-state index contributed by atoms with van der Waals surface area (Å²) in [5.74, 6) is -0.360. The lowest BCUT2D eigenvalue weighted by Crippen LogP contribution is -2.24. The van der Waals surface area contributed by atoms with E-state index in [0.29, 0.717) is 17.3 Å². The number of hydrogen-bond donors (Lipinski definition) is 1. The second-order valence-corrected chi connectivity index (χ2v) is 4.15. The van der Waals surface area contributed by atoms with Gasteiger partial charge in [0.1, 0.15) is 0 Å². The van der Waals surface area contributed by atoms with E-state index < -0.39 is 5.97 Å². The van der Waals surface area contributed by atoms with Crippen LogP contribution in [0.5, 0.6) is 0 Å². The van der Waals surface area contributed by atoms with E-state index in [1.54, 1.807) is 12.3 Å². The van der Waals surface area contributed by atoms with E-state index in [1.165, 1.54) is 18.3 Å². The minimum Gasteiger partial charge on any atom is -0.478 e. The third-order valence-electron chi connectivity index (χ3n) is 2.96. The second-order valence-electron chi connectivity index (χ2n) is 4.15. The Balaban J connectivity index is 2.40. The van der Waals surface area contributed by atoms with Gasteiger partial charge in [0.15, 0.2) is 0 Å². The van der Waals surface area contributed by atoms with E-state index in [0.717, 1.165) is 13.1 Å². The molecule has 0 aliphatic carbocycles. The summed E-state index contributed by atoms with van der Waals surface area (Å²) in [6.45, 7) is 5.68. The fraction of sp³-hybridized carbons (Fsp3) is 0.286. The van der Waals surface area contributed by atoms with Crippen LogP contribution in [0, 0.1) is 0 Å². The summed E-state index contributed by atoms with van der Waals surface area (Å²) in [5.41, 5.74) is 1.34. The molecular weight excluding hydrogens is 256 g/mol. The quantitative estimate of drug-likeness (QED) is 0.897. The lowest BCUT2D eigenvalue weighted by atomic mass is 10.2. The summed E-state index contributed by atoms with van der Waals surface area (Å²) in [6, 6.07) is 4.69. The SMILES string of the molecule is CCN(CC)c1nccc(-c2cc(C(=O)O)ccn2)n1. The highest BCUT2D eigenvalue weighted by atomic mass is 16.4. The Labute approximate surface area is 117 Å². The summed E-state index contributed by atoms with van der Waals surface area (Å²) in [5, 5.41) is 9.01. The van der Waals surface area contributed by atoms with Crippen LogP contribution in [0.3, 0.4) is 0 Å². The van der Waals surface area contributed by atoms with Crippen molar-refractivity contribution in [2.45, 2.75) is 13.8 Å². The van der Waals surface area contributed by atoms with Crippen molar-refractivity contribution in [3.63, 3.8) is 0 Å². The fourth-order valence-electron chi connectivity index (χ4n) is 1.85. The van der Waals surface area contributed by atoms with E-state index in [-0.39, 0.29) is 5.56 Å². The Hall–Kier alpha value is -2.50. The Morgan fingerprint density at radius 1 is 1.15 bits per heavy atom. The van der Waals surface area contributed by atoms with Crippen molar-refractivity contribution < 1.29 is 9.90 Å². The molecule has 0 atom stereocenters. The van der Waals surface area contributed by atoms with Gasteiger partial charge in [-0.1, -0.05) is 0 Å². The van der Waals surface area contributed by atoms with Crippen molar-refractivity contribution in [1.29, 1.82) is 0 Å². The van der Waals surface area contributed by atoms with Crippen LogP contribution in [0.4, 0.5) is 5.95 Å². The highest BCUT2D eigenvalue weighted by Gasteiger charge is 2.10. The minimum absolute atomic E-state index is 0.193. The van der Waals surface area contributed by atoms with Crippen LogP contribution in [0.25, 0.3) is 11.4 Å². The molecule has 0 saturated carbocycles. The topological polar surface area (TPSA) is 79.2 Å². The summed E-state index contributed by atoms with van der Waals surface area (Å²) >= 11 is 0. The molecule has 0 aliphatic heterocycles. The molecular formula is C14H16N4O2. The number of hydrogen-bond acceptors (Lipinski definition) is 5. The minimum atomic E-state index is -0.980. The molecule has 2 heterocycles. The van der Waals surface area contributed by atoms with Gasteiger partial charge in [0, 0.05) is 25.5 Å². The number of aromatic nitrogens is 3. The molecule has 0 aromatic carbocycles. The van der Waals surface area contributed by atoms with Gasteiger partial charge in [-0.2, -0.15) is 0 Å². The van der Waals surface area contributed by atoms with E-state index >= 15 is 0 Å². The van der Waals surface area contributed by atoms with Gasteiger partial charge in [0.25, 0.3) is 0 Å². The molecule has 0 saturated heterocycles. The van der Waals surface area contributed by atoms with Crippen LogP contribution in [-0.4, -0.2) is 39.1 Å². The van der Waals surface area contributed by atoms with Gasteiger partial charge < -0.3 is 10.0 Å². The number of nitrogens with zero attached hydrogens (tertiary/aromatic N) is 4. The number of aromatic carboxylic acids is 1. The molecule has 6 heteroatoms. The van der Waals surface area contributed by atoms with Gasteiger partial charge in [-0.05, 0) is 32.0 Å². The maximum absolute atomic E-state index is 11.0. The smallest absolute Gasteiger partial charge is 0.335 e. The van der Waals surface area contributed by atoms with Gasteiger partial charge in [0.2, 0.25) is 5.95 Å². The van der Waals surface area contributed by atoms with Crippen molar-refractivity contribution in [2.75, 3.05) is 18.0 Å². The fourth-order valence-corrected chi connectivity index (χ4v) is 1.85. The monoisotopic (exact) mass is 272 g/mol. The third kappa shape index (κ3) is 2.90. The normalized spacial score (nSPS) is 10.3. The Morgan fingerprint density at radius 3 is 2.50 bits per heavy atom. The predicted molar refractivity (Wildman–Crippen MR) is 75.8 cm³/mol. The van der Waals surface area contributed by atoms with Crippen LogP contribution >= 0.6 is 0 Å². The largest absolute Gasteiger partial charge is 0.478 e. The lowest BCUT2D eigenvalue weighted by Gasteiger charge is -2.18. The van der Waals surface area contributed by atoms with E-state index in [2.05, 4.69) is 15.0 Å². The maximum atomic E-state index is 11.0. The molecule has 0 amide bonds. The van der Waals surface area contributed by atoms with Crippen LogP contribution in [0.1, 0.15) is 24.2 Å². The maximum Gasteiger partial charge on any atom is 0.335 e. The molecule has 20 heavy (non-hydrogen) atoms. The van der Waals surface area contributed by atoms with Gasteiger partial charge in [0.05, 0.1) is 17.0 Å². The van der Waals surface area contributed by atoms with Crippen LogP contribution < -0.4 is 4.90 Å². The van der Waals surface area contributed by atoms with Gasteiger partial charge in [-0.25, -0.2) is 14.8 Å². The van der Waals surface area contributed by atoms with Crippen molar-refractivity contribution in [3.05, 3.63) is 36.2 Å². The third-order valence-corrected chi connectivity index (χ3v) is 2.96. The molecule has 2 aromatic heterocycles. The molecule has 0 fully saturated rings. The molecule has 0 aliphatic rings. The number of rotatable bonds is 5. The Kier molecular flexibility index (Phi) is 4.24. The second kappa shape index (κ2) is 6.10. The van der Waals surface area contributed by atoms with Crippen molar-refractivity contribution in [2.24, 2.45) is 0 Å². The molecule has 0 bridgehead atoms. The van der Waals surface area contributed by atoms with Crippen LogP contribution in [0.15, 0.2) is 30.6 Å². The molecule has 1 N–H and O–H groups in total. The number of pyridine rings is 1. The summed E-state index contributed by atoms with van der Waals surface area (Å²) in [4.78, 5) is 25.9. The van der Waals surface area contributed by atoms with E-state index in [1.807, 2.05) is 18.7 Å². The van der Waals surface area contributed by atoms with Crippen molar-refractivity contribution >= 4 is 11.9 Å². The highest BCUT2D eigenvalue weighted by Crippen LogP contribution is 2.17. The summed E-state index contributed by atoms with van der Waals surface area (Å²) < 4.78 is 0. The zero-order valence-corrected chi connectivity index (χ0v) is 11.4. The van der Waals surface area contributed by atoms with E-state index in [9.17, 15) is 4.79 Å². The summed E-state index contributed by atoms with van der Waals surface area (Å²) in [6.07, 6.45) is 3.13. The standard InChI is InChI=1S/C14H16N4O2/c1-3-18(4-2)14-16-8-6-11(17-14)12-9-10(13(19)20)5-7-15-12/h5-9H,3-4H2,1-2H3,(H,19,20). The van der Waals surface area contributed by atoms with Crippen LogP contribution in [-0.2, 0) is 0 Å². The van der Waals surface area contributed by atoms with Crippen LogP contribution in [0.2, 0.25) is 0 Å². The zero-order chi connectivity index (χ0) is 14.5. The lowest BCUT2D eigenvalue weighted by molar-refractivity contribution is 0.0697. The summed E-state index contributed by atoms with van der Waals surface area (Å²) in [7, 11) is 0.